The van der Waals surface area contributed by atoms with E-state index >= 15 is 0 Å². The van der Waals surface area contributed by atoms with Gasteiger partial charge in [0.15, 0.2) is 6.61 Å². The summed E-state index contributed by atoms with van der Waals surface area (Å²) in [6, 6.07) is 12.6. The van der Waals surface area contributed by atoms with Gasteiger partial charge >= 0.3 is 6.03 Å². The predicted octanol–water partition coefficient (Wildman–Crippen LogP) is 3.25. The van der Waals surface area contributed by atoms with Crippen molar-refractivity contribution in [3.63, 3.8) is 0 Å². The summed E-state index contributed by atoms with van der Waals surface area (Å²) in [4.78, 5) is 28.1. The normalized spacial score (nSPS) is 16.9. The van der Waals surface area contributed by atoms with Crippen molar-refractivity contribution in [3.8, 4) is 5.75 Å². The highest BCUT2D eigenvalue weighted by molar-refractivity contribution is 6.31. The van der Waals surface area contributed by atoms with Crippen molar-refractivity contribution < 1.29 is 14.3 Å². The second-order valence-electron chi connectivity index (χ2n) is 7.58. The van der Waals surface area contributed by atoms with E-state index in [1.54, 1.807) is 12.1 Å². The molecule has 3 amide bonds. The van der Waals surface area contributed by atoms with E-state index in [1.807, 2.05) is 11.8 Å². The number of nitrogens with two attached hydrogens (primary N) is 1. The fourth-order valence-corrected chi connectivity index (χ4v) is 3.75. The minimum absolute atomic E-state index is 0.0775. The third-order valence-electron chi connectivity index (χ3n) is 5.11. The van der Waals surface area contributed by atoms with Gasteiger partial charge in [-0.05, 0) is 37.6 Å². The molecule has 1 heterocycles. The van der Waals surface area contributed by atoms with Crippen LogP contribution in [-0.4, -0.2) is 54.0 Å². The molecular formula is C22H27ClN4O3. The molecule has 2 aromatic carbocycles. The lowest BCUT2D eigenvalue weighted by Crippen LogP contribution is -2.54. The van der Waals surface area contributed by atoms with E-state index in [0.29, 0.717) is 23.0 Å². The van der Waals surface area contributed by atoms with Gasteiger partial charge in [-0.25, -0.2) is 4.79 Å². The van der Waals surface area contributed by atoms with Gasteiger partial charge in [-0.15, -0.1) is 0 Å². The minimum Gasteiger partial charge on any atom is -0.482 e. The number of ether oxygens (including phenoxy) is 1. The molecule has 1 fully saturated rings. The maximum Gasteiger partial charge on any atom is 0.316 e. The third kappa shape index (κ3) is 5.87. The molecule has 0 unspecified atom stereocenters. The number of carbonyl (C=O) groups excluding carboxylic acids is 2. The average Bonchev–Trinajstić information content (AvgIpc) is 2.68. The Kier molecular flexibility index (Phi) is 7.18. The van der Waals surface area contributed by atoms with Gasteiger partial charge in [0, 0.05) is 37.2 Å². The van der Waals surface area contributed by atoms with Crippen LogP contribution in [0.1, 0.15) is 18.1 Å². The zero-order valence-electron chi connectivity index (χ0n) is 17.2. The van der Waals surface area contributed by atoms with Crippen LogP contribution in [0.25, 0.3) is 0 Å². The van der Waals surface area contributed by atoms with Crippen molar-refractivity contribution in [2.45, 2.75) is 26.4 Å². The third-order valence-corrected chi connectivity index (χ3v) is 5.34. The van der Waals surface area contributed by atoms with Crippen LogP contribution in [-0.2, 0) is 11.3 Å². The number of nitrogens with zero attached hydrogens (tertiary/aromatic N) is 2. The number of rotatable bonds is 6. The summed E-state index contributed by atoms with van der Waals surface area (Å²) in [6.07, 6.45) is 0. The number of halogens is 1. The standard InChI is InChI=1S/C22H27ClN4O3/c1-15-3-5-17(6-4-15)13-26-9-10-27(16(2)12-26)21(28)14-30-20-8-7-18(23)11-19(20)25-22(24)29/h3-8,11,16H,9-10,12-14H2,1-2H3,(H3,24,25,29)/t16-/m1/s1. The summed E-state index contributed by atoms with van der Waals surface area (Å²) in [7, 11) is 0. The first kappa shape index (κ1) is 21.9. The Morgan fingerprint density at radius 2 is 1.93 bits per heavy atom. The van der Waals surface area contributed by atoms with Crippen LogP contribution in [0.3, 0.4) is 0 Å². The summed E-state index contributed by atoms with van der Waals surface area (Å²) >= 11 is 5.96. The van der Waals surface area contributed by atoms with Crippen LogP contribution in [0, 0.1) is 6.92 Å². The highest BCUT2D eigenvalue weighted by atomic mass is 35.5. The zero-order valence-corrected chi connectivity index (χ0v) is 18.0. The molecule has 1 aliphatic rings. The quantitative estimate of drug-likeness (QED) is 0.736. The van der Waals surface area contributed by atoms with E-state index in [9.17, 15) is 9.59 Å². The van der Waals surface area contributed by atoms with Gasteiger partial charge in [-0.1, -0.05) is 41.4 Å². The summed E-state index contributed by atoms with van der Waals surface area (Å²) in [6.45, 7) is 7.11. The molecule has 160 valence electrons. The van der Waals surface area contributed by atoms with Gasteiger partial charge in [0.25, 0.3) is 5.91 Å². The highest BCUT2D eigenvalue weighted by Crippen LogP contribution is 2.28. The smallest absolute Gasteiger partial charge is 0.316 e. The number of aryl methyl sites for hydroxylation is 1. The van der Waals surface area contributed by atoms with Crippen LogP contribution >= 0.6 is 11.6 Å². The fraction of sp³-hybridized carbons (Fsp3) is 0.364. The molecule has 0 aromatic heterocycles. The molecule has 0 saturated carbocycles. The number of nitrogens with one attached hydrogen (secondary N) is 1. The topological polar surface area (TPSA) is 87.9 Å². The molecule has 0 radical (unpaired) electrons. The van der Waals surface area contributed by atoms with Gasteiger partial charge in [0.1, 0.15) is 5.75 Å². The van der Waals surface area contributed by atoms with Crippen molar-refractivity contribution in [1.82, 2.24) is 9.80 Å². The van der Waals surface area contributed by atoms with Gasteiger partial charge in [-0.3, -0.25) is 9.69 Å². The van der Waals surface area contributed by atoms with Crippen LogP contribution in [0.4, 0.5) is 10.5 Å². The number of piperazine rings is 1. The molecule has 0 spiro atoms. The Labute approximate surface area is 181 Å². The lowest BCUT2D eigenvalue weighted by molar-refractivity contribution is -0.137. The van der Waals surface area contributed by atoms with Crippen molar-refractivity contribution in [3.05, 3.63) is 58.6 Å². The van der Waals surface area contributed by atoms with E-state index in [4.69, 9.17) is 22.1 Å². The zero-order chi connectivity index (χ0) is 21.7. The SMILES string of the molecule is Cc1ccc(CN2CCN(C(=O)COc3ccc(Cl)cc3NC(N)=O)[C@H](C)C2)cc1. The van der Waals surface area contributed by atoms with E-state index < -0.39 is 6.03 Å². The van der Waals surface area contributed by atoms with Gasteiger partial charge in [-0.2, -0.15) is 0 Å². The molecule has 7 nitrogen and oxygen atoms in total. The molecule has 2 aromatic rings. The van der Waals surface area contributed by atoms with Crippen molar-refractivity contribution in [1.29, 1.82) is 0 Å². The molecule has 8 heteroatoms. The van der Waals surface area contributed by atoms with Crippen LogP contribution in [0.15, 0.2) is 42.5 Å². The molecule has 0 bridgehead atoms. The minimum atomic E-state index is -0.730. The van der Waals surface area contributed by atoms with E-state index in [1.165, 1.54) is 17.2 Å². The molecule has 1 aliphatic heterocycles. The second kappa shape index (κ2) is 9.82. The molecule has 30 heavy (non-hydrogen) atoms. The Hall–Kier alpha value is -2.77. The number of primary amides is 1. The Morgan fingerprint density at radius 1 is 1.20 bits per heavy atom. The van der Waals surface area contributed by atoms with E-state index in [0.717, 1.165) is 19.6 Å². The summed E-state index contributed by atoms with van der Waals surface area (Å²) in [5.74, 6) is 0.245. The lowest BCUT2D eigenvalue weighted by Gasteiger charge is -2.40. The van der Waals surface area contributed by atoms with E-state index in [2.05, 4.69) is 41.4 Å². The molecule has 1 saturated heterocycles. The first-order valence-electron chi connectivity index (χ1n) is 9.88. The maximum atomic E-state index is 12.7. The number of hydrogen-bond donors (Lipinski definition) is 2. The van der Waals surface area contributed by atoms with E-state index in [-0.39, 0.29) is 18.6 Å². The predicted molar refractivity (Wildman–Crippen MR) is 118 cm³/mol. The number of amides is 3. The number of benzene rings is 2. The summed E-state index contributed by atoms with van der Waals surface area (Å²) in [5, 5.41) is 2.88. The second-order valence-corrected chi connectivity index (χ2v) is 8.01. The first-order chi connectivity index (χ1) is 14.3. The maximum absolute atomic E-state index is 12.7. The van der Waals surface area contributed by atoms with Crippen molar-refractivity contribution in [2.24, 2.45) is 5.73 Å². The number of anilines is 1. The van der Waals surface area contributed by atoms with Gasteiger partial charge in [0.2, 0.25) is 0 Å². The van der Waals surface area contributed by atoms with Gasteiger partial charge < -0.3 is 20.7 Å². The summed E-state index contributed by atoms with van der Waals surface area (Å²) in [5.41, 5.74) is 8.03. The lowest BCUT2D eigenvalue weighted by atomic mass is 10.1. The van der Waals surface area contributed by atoms with Crippen LogP contribution < -0.4 is 15.8 Å². The van der Waals surface area contributed by atoms with Crippen molar-refractivity contribution in [2.75, 3.05) is 31.6 Å². The molecule has 3 N–H and O–H groups in total. The molecule has 0 aliphatic carbocycles. The Morgan fingerprint density at radius 3 is 2.60 bits per heavy atom. The molecule has 1 atom stereocenters. The number of hydrogen-bond acceptors (Lipinski definition) is 4. The first-order valence-corrected chi connectivity index (χ1v) is 10.3. The average molecular weight is 431 g/mol. The van der Waals surface area contributed by atoms with Crippen LogP contribution in [0.5, 0.6) is 5.75 Å². The fourth-order valence-electron chi connectivity index (χ4n) is 3.58. The number of carbonyl (C=O) groups is 2. The Balaban J connectivity index is 1.54. The van der Waals surface area contributed by atoms with Crippen LogP contribution in [0.2, 0.25) is 5.02 Å². The monoisotopic (exact) mass is 430 g/mol. The Bertz CT molecular complexity index is 904. The van der Waals surface area contributed by atoms with Crippen molar-refractivity contribution >= 4 is 29.2 Å². The molecular weight excluding hydrogens is 404 g/mol. The number of urea groups is 1. The summed E-state index contributed by atoms with van der Waals surface area (Å²) < 4.78 is 5.66. The van der Waals surface area contributed by atoms with Gasteiger partial charge in [0.05, 0.1) is 5.69 Å². The largest absolute Gasteiger partial charge is 0.482 e. The molecule has 3 rings (SSSR count). The highest BCUT2D eigenvalue weighted by Gasteiger charge is 2.27.